The third-order valence-electron chi connectivity index (χ3n) is 3.98. The van der Waals surface area contributed by atoms with Crippen LogP contribution in [0.3, 0.4) is 0 Å². The van der Waals surface area contributed by atoms with Crippen LogP contribution in [0.2, 0.25) is 0 Å². The average molecular weight is 302 g/mol. The lowest BCUT2D eigenvalue weighted by molar-refractivity contribution is -0.362. The van der Waals surface area contributed by atoms with Crippen LogP contribution in [0.1, 0.15) is 32.6 Å². The van der Waals surface area contributed by atoms with Gasteiger partial charge in [-0.1, -0.05) is 6.92 Å². The number of halogens is 9. The van der Waals surface area contributed by atoms with Gasteiger partial charge in [0.1, 0.15) is 0 Å². The van der Waals surface area contributed by atoms with Crippen molar-refractivity contribution < 1.29 is 39.5 Å². The predicted octanol–water partition coefficient (Wildman–Crippen LogP) is 5.24. The van der Waals surface area contributed by atoms with Crippen molar-refractivity contribution in [3.8, 4) is 0 Å². The molecule has 1 saturated carbocycles. The topological polar surface area (TPSA) is 0 Å². The van der Waals surface area contributed by atoms with Crippen LogP contribution in [0, 0.1) is 10.8 Å². The third kappa shape index (κ3) is 2.52. The maximum atomic E-state index is 12.6. The monoisotopic (exact) mass is 302 g/mol. The van der Waals surface area contributed by atoms with Gasteiger partial charge in [0.15, 0.2) is 5.41 Å². The Morgan fingerprint density at radius 2 is 0.895 bits per heavy atom. The lowest BCUT2D eigenvalue weighted by Crippen LogP contribution is -2.55. The molecule has 1 aliphatic carbocycles. The molecule has 0 amide bonds. The Bertz CT molecular complexity index is 308. The van der Waals surface area contributed by atoms with E-state index in [0.29, 0.717) is 6.92 Å². The van der Waals surface area contributed by atoms with Crippen molar-refractivity contribution in [3.05, 3.63) is 0 Å². The van der Waals surface area contributed by atoms with E-state index in [1.165, 1.54) is 0 Å². The normalized spacial score (nSPS) is 24.3. The maximum absolute atomic E-state index is 12.6. The van der Waals surface area contributed by atoms with E-state index < -0.39 is 55.0 Å². The third-order valence-corrected chi connectivity index (χ3v) is 3.98. The smallest absolute Gasteiger partial charge is 0.171 e. The standard InChI is InChI=1S/C10H11F9/c1-6(8(11,12)13)2-4-7(5-3-6,9(14,15)16)10(17,18)19/h2-5H2,1H3. The van der Waals surface area contributed by atoms with Crippen molar-refractivity contribution in [2.75, 3.05) is 0 Å². The number of alkyl halides is 9. The molecule has 0 heterocycles. The molecular formula is C10H11F9. The molecule has 0 spiro atoms. The predicted molar refractivity (Wildman–Crippen MR) is 47.2 cm³/mol. The van der Waals surface area contributed by atoms with Gasteiger partial charge >= 0.3 is 18.5 Å². The van der Waals surface area contributed by atoms with Gasteiger partial charge in [-0.25, -0.2) is 0 Å². The highest BCUT2D eigenvalue weighted by Crippen LogP contribution is 2.63. The number of rotatable bonds is 0. The average Bonchev–Trinajstić information content (AvgIpc) is 2.13. The van der Waals surface area contributed by atoms with E-state index in [-0.39, 0.29) is 0 Å². The second kappa shape index (κ2) is 4.18. The molecule has 1 rings (SSSR count). The summed E-state index contributed by atoms with van der Waals surface area (Å²) in [7, 11) is 0. The van der Waals surface area contributed by atoms with Crippen LogP contribution in [0.5, 0.6) is 0 Å². The van der Waals surface area contributed by atoms with E-state index in [4.69, 9.17) is 0 Å². The van der Waals surface area contributed by atoms with Crippen molar-refractivity contribution in [1.29, 1.82) is 0 Å². The van der Waals surface area contributed by atoms with Gasteiger partial charge in [0.25, 0.3) is 0 Å². The Kier molecular flexibility index (Phi) is 3.61. The highest BCUT2D eigenvalue weighted by molar-refractivity contribution is 5.01. The summed E-state index contributed by atoms with van der Waals surface area (Å²) in [5, 5.41) is 0. The summed E-state index contributed by atoms with van der Waals surface area (Å²) < 4.78 is 114. The second-order valence-electron chi connectivity index (χ2n) is 5.14. The second-order valence-corrected chi connectivity index (χ2v) is 5.14. The van der Waals surface area contributed by atoms with E-state index in [2.05, 4.69) is 0 Å². The first kappa shape index (κ1) is 16.4. The number of hydrogen-bond donors (Lipinski definition) is 0. The lowest BCUT2D eigenvalue weighted by atomic mass is 9.63. The summed E-state index contributed by atoms with van der Waals surface area (Å²) in [6.07, 6.45) is -21.6. The van der Waals surface area contributed by atoms with Crippen LogP contribution in [-0.4, -0.2) is 18.5 Å². The zero-order chi connectivity index (χ0) is 15.3. The van der Waals surface area contributed by atoms with Crippen LogP contribution in [0.4, 0.5) is 39.5 Å². The minimum absolute atomic E-state index is 0.656. The molecule has 0 atom stereocenters. The molecule has 0 aromatic carbocycles. The van der Waals surface area contributed by atoms with Crippen molar-refractivity contribution >= 4 is 0 Å². The van der Waals surface area contributed by atoms with Crippen LogP contribution in [0.15, 0.2) is 0 Å². The Hall–Kier alpha value is -0.630. The largest absolute Gasteiger partial charge is 0.403 e. The molecule has 0 unspecified atom stereocenters. The fourth-order valence-electron chi connectivity index (χ4n) is 2.24. The van der Waals surface area contributed by atoms with E-state index >= 15 is 0 Å². The van der Waals surface area contributed by atoms with E-state index in [9.17, 15) is 39.5 Å². The Morgan fingerprint density at radius 1 is 0.579 bits per heavy atom. The zero-order valence-corrected chi connectivity index (χ0v) is 9.73. The molecule has 0 aliphatic heterocycles. The Morgan fingerprint density at radius 3 is 1.11 bits per heavy atom. The van der Waals surface area contributed by atoms with Crippen LogP contribution in [0.25, 0.3) is 0 Å². The van der Waals surface area contributed by atoms with Gasteiger partial charge < -0.3 is 0 Å². The molecule has 0 aromatic rings. The van der Waals surface area contributed by atoms with E-state index in [1.54, 1.807) is 0 Å². The first-order valence-corrected chi connectivity index (χ1v) is 5.37. The van der Waals surface area contributed by atoms with Gasteiger partial charge in [-0.2, -0.15) is 39.5 Å². The SMILES string of the molecule is CC1(C(F)(F)F)CCC(C(F)(F)F)(C(F)(F)F)CC1. The lowest BCUT2D eigenvalue weighted by Gasteiger charge is -2.46. The molecule has 0 nitrogen and oxygen atoms in total. The van der Waals surface area contributed by atoms with Gasteiger partial charge in [0, 0.05) is 0 Å². The van der Waals surface area contributed by atoms with Gasteiger partial charge in [-0.15, -0.1) is 0 Å². The summed E-state index contributed by atoms with van der Waals surface area (Å²) in [5.41, 5.74) is -6.52. The molecule has 0 bridgehead atoms. The Labute approximate surface area is 103 Å². The Balaban J connectivity index is 3.07. The molecule has 0 aromatic heterocycles. The quantitative estimate of drug-likeness (QED) is 0.537. The van der Waals surface area contributed by atoms with E-state index in [0.717, 1.165) is 0 Å². The molecule has 0 N–H and O–H groups in total. The summed E-state index contributed by atoms with van der Waals surface area (Å²) in [6, 6.07) is 0. The molecule has 1 aliphatic rings. The summed E-state index contributed by atoms with van der Waals surface area (Å²) in [4.78, 5) is 0. The van der Waals surface area contributed by atoms with Crippen LogP contribution in [-0.2, 0) is 0 Å². The highest BCUT2D eigenvalue weighted by atomic mass is 19.4. The number of hydrogen-bond acceptors (Lipinski definition) is 0. The highest BCUT2D eigenvalue weighted by Gasteiger charge is 2.72. The molecule has 114 valence electrons. The molecule has 0 radical (unpaired) electrons. The summed E-state index contributed by atoms with van der Waals surface area (Å²) >= 11 is 0. The molecule has 19 heavy (non-hydrogen) atoms. The fraction of sp³-hybridized carbons (Fsp3) is 1.00. The summed E-state index contributed by atoms with van der Waals surface area (Å²) in [5.74, 6) is 0. The first-order valence-electron chi connectivity index (χ1n) is 5.37. The molecular weight excluding hydrogens is 291 g/mol. The molecule has 0 saturated heterocycles. The fourth-order valence-corrected chi connectivity index (χ4v) is 2.24. The molecule has 9 heteroatoms. The van der Waals surface area contributed by atoms with Crippen molar-refractivity contribution in [2.24, 2.45) is 10.8 Å². The van der Waals surface area contributed by atoms with Gasteiger partial charge in [0.2, 0.25) is 0 Å². The first-order chi connectivity index (χ1) is 8.16. The maximum Gasteiger partial charge on any atom is 0.403 e. The van der Waals surface area contributed by atoms with Crippen molar-refractivity contribution in [1.82, 2.24) is 0 Å². The minimum atomic E-state index is -5.60. The summed E-state index contributed by atoms with van der Waals surface area (Å²) in [6.45, 7) is 0.656. The van der Waals surface area contributed by atoms with Crippen molar-refractivity contribution in [2.45, 2.75) is 51.1 Å². The minimum Gasteiger partial charge on any atom is -0.171 e. The molecule has 1 fully saturated rings. The van der Waals surface area contributed by atoms with Crippen LogP contribution < -0.4 is 0 Å². The van der Waals surface area contributed by atoms with Crippen molar-refractivity contribution in [3.63, 3.8) is 0 Å². The van der Waals surface area contributed by atoms with Gasteiger partial charge in [-0.05, 0) is 25.7 Å². The van der Waals surface area contributed by atoms with E-state index in [1.807, 2.05) is 0 Å². The van der Waals surface area contributed by atoms with Crippen LogP contribution >= 0.6 is 0 Å². The van der Waals surface area contributed by atoms with Gasteiger partial charge in [0.05, 0.1) is 5.41 Å². The van der Waals surface area contributed by atoms with Gasteiger partial charge in [-0.3, -0.25) is 0 Å². The zero-order valence-electron chi connectivity index (χ0n) is 9.73.